The van der Waals surface area contributed by atoms with E-state index in [1.807, 2.05) is 135 Å². The monoisotopic (exact) mass is 582 g/mol. The second-order valence-electron chi connectivity index (χ2n) is 10.4. The minimum absolute atomic E-state index is 0.358. The van der Waals surface area contributed by atoms with Gasteiger partial charge in [0.05, 0.1) is 11.8 Å². The number of hydrogen-bond donors (Lipinski definition) is 0. The summed E-state index contributed by atoms with van der Waals surface area (Å²) in [4.78, 5) is 29.1. The summed E-state index contributed by atoms with van der Waals surface area (Å²) in [5.74, 6) is -0.757. The van der Waals surface area contributed by atoms with E-state index in [1.165, 1.54) is 0 Å². The Morgan fingerprint density at radius 1 is 0.488 bits per heavy atom. The molecule has 0 saturated carbocycles. The van der Waals surface area contributed by atoms with Crippen molar-refractivity contribution in [1.29, 1.82) is 0 Å². The molecule has 0 bridgehead atoms. The first-order valence-electron chi connectivity index (χ1n) is 14.2. The molecule has 5 heteroatoms. The molecule has 0 saturated heterocycles. The van der Waals surface area contributed by atoms with Gasteiger partial charge in [-0.2, -0.15) is 0 Å². The maximum atomic E-state index is 13.6. The van der Waals surface area contributed by atoms with Crippen molar-refractivity contribution in [2.24, 2.45) is 0 Å². The zero-order valence-electron chi connectivity index (χ0n) is 23.9. The summed E-state index contributed by atoms with van der Waals surface area (Å²) in [5.41, 5.74) is 1.75. The topological polar surface area (TPSA) is 52.6 Å². The van der Waals surface area contributed by atoms with E-state index in [-0.39, 0.29) is 11.9 Å². The summed E-state index contributed by atoms with van der Waals surface area (Å²) in [7, 11) is 0. The second-order valence-corrected chi connectivity index (χ2v) is 11.6. The van der Waals surface area contributed by atoms with Crippen LogP contribution in [-0.4, -0.2) is 11.9 Å². The Morgan fingerprint density at radius 3 is 1.42 bits per heavy atom. The molecule has 0 aliphatic heterocycles. The molecule has 2 atom stereocenters. The van der Waals surface area contributed by atoms with Crippen LogP contribution in [0, 0.1) is 0 Å². The van der Waals surface area contributed by atoms with Crippen LogP contribution in [0.25, 0.3) is 21.5 Å². The van der Waals surface area contributed by atoms with Gasteiger partial charge in [-0.05, 0) is 55.3 Å². The van der Waals surface area contributed by atoms with Crippen molar-refractivity contribution in [3.8, 4) is 11.5 Å². The fourth-order valence-electron chi connectivity index (χ4n) is 5.12. The number of ether oxygens (including phenoxy) is 2. The molecule has 212 valence electrons. The first-order chi connectivity index (χ1) is 21.0. The highest BCUT2D eigenvalue weighted by atomic mass is 32.2. The molecule has 0 aliphatic carbocycles. The number of carbonyl (C=O) groups is 2. The van der Waals surface area contributed by atoms with Gasteiger partial charge in [0.2, 0.25) is 0 Å². The lowest BCUT2D eigenvalue weighted by molar-refractivity contribution is -0.136. The highest BCUT2D eigenvalue weighted by Crippen LogP contribution is 2.45. The van der Waals surface area contributed by atoms with Crippen LogP contribution in [0.2, 0.25) is 0 Å². The predicted octanol–water partition coefficient (Wildman–Crippen LogP) is 9.56. The summed E-state index contributed by atoms with van der Waals surface area (Å²) in [5, 5.41) is 2.78. The van der Waals surface area contributed by atoms with E-state index in [1.54, 1.807) is 11.8 Å². The first kappa shape index (κ1) is 28.3. The van der Waals surface area contributed by atoms with Crippen LogP contribution in [0.1, 0.15) is 36.8 Å². The highest BCUT2D eigenvalue weighted by Gasteiger charge is 2.25. The van der Waals surface area contributed by atoms with Crippen LogP contribution in [0.3, 0.4) is 0 Å². The van der Waals surface area contributed by atoms with Crippen LogP contribution in [0.5, 0.6) is 11.5 Å². The predicted molar refractivity (Wildman–Crippen MR) is 173 cm³/mol. The minimum atomic E-state index is -0.471. The minimum Gasteiger partial charge on any atom is -0.425 e. The first-order valence-corrected chi connectivity index (χ1v) is 15.1. The number of fused-ring (bicyclic) bond motifs is 2. The Kier molecular flexibility index (Phi) is 8.25. The number of esters is 2. The van der Waals surface area contributed by atoms with Crippen molar-refractivity contribution in [2.45, 2.75) is 35.5 Å². The standard InChI is InChI=1S/C38H30O4S/c1-25(27-14-6-3-7-15-27)37(39)41-35-31-20-12-13-21-32(31)36(42-38(40)26(2)28-16-8-4-9-17-28)34-24-30(22-23-33(34)35)43-29-18-10-5-11-19-29/h3-26H,1-2H3. The van der Waals surface area contributed by atoms with Gasteiger partial charge in [0.1, 0.15) is 11.5 Å². The van der Waals surface area contributed by atoms with Gasteiger partial charge in [-0.3, -0.25) is 9.59 Å². The molecule has 0 aliphatic rings. The van der Waals surface area contributed by atoms with Gasteiger partial charge in [0.15, 0.2) is 0 Å². The van der Waals surface area contributed by atoms with Crippen molar-refractivity contribution in [3.05, 3.63) is 145 Å². The average molecular weight is 583 g/mol. The van der Waals surface area contributed by atoms with Crippen molar-refractivity contribution < 1.29 is 19.1 Å². The molecule has 0 amide bonds. The Labute approximate surface area is 255 Å². The number of rotatable bonds is 8. The van der Waals surface area contributed by atoms with E-state index in [2.05, 4.69) is 12.1 Å². The summed E-state index contributed by atoms with van der Waals surface area (Å²) in [6.45, 7) is 3.69. The molecule has 2 unspecified atom stereocenters. The van der Waals surface area contributed by atoms with E-state index in [4.69, 9.17) is 9.47 Å². The van der Waals surface area contributed by atoms with Gasteiger partial charge in [0.25, 0.3) is 0 Å². The zero-order chi connectivity index (χ0) is 29.8. The van der Waals surface area contributed by atoms with Crippen molar-refractivity contribution >= 4 is 45.2 Å². The molecule has 0 spiro atoms. The van der Waals surface area contributed by atoms with Gasteiger partial charge < -0.3 is 9.47 Å². The smallest absolute Gasteiger partial charge is 0.318 e. The lowest BCUT2D eigenvalue weighted by Crippen LogP contribution is -2.18. The Bertz CT molecular complexity index is 1900. The third kappa shape index (κ3) is 6.04. The zero-order valence-corrected chi connectivity index (χ0v) is 24.7. The van der Waals surface area contributed by atoms with Gasteiger partial charge in [0, 0.05) is 31.3 Å². The number of hydrogen-bond acceptors (Lipinski definition) is 5. The Balaban J connectivity index is 1.48. The van der Waals surface area contributed by atoms with E-state index < -0.39 is 11.8 Å². The van der Waals surface area contributed by atoms with Gasteiger partial charge in [-0.25, -0.2) is 0 Å². The number of carbonyl (C=O) groups excluding carboxylic acids is 2. The molecule has 0 aromatic heterocycles. The van der Waals surface area contributed by atoms with Crippen LogP contribution >= 0.6 is 11.8 Å². The van der Waals surface area contributed by atoms with Crippen LogP contribution in [-0.2, 0) is 9.59 Å². The molecule has 0 N–H and O–H groups in total. The fourth-order valence-corrected chi connectivity index (χ4v) is 6.00. The van der Waals surface area contributed by atoms with Crippen molar-refractivity contribution in [3.63, 3.8) is 0 Å². The molecule has 6 aromatic rings. The normalized spacial score (nSPS) is 12.5. The maximum absolute atomic E-state index is 13.6. The van der Waals surface area contributed by atoms with E-state index >= 15 is 0 Å². The van der Waals surface area contributed by atoms with E-state index in [0.29, 0.717) is 33.0 Å². The third-order valence-electron chi connectivity index (χ3n) is 7.59. The van der Waals surface area contributed by atoms with Crippen molar-refractivity contribution in [1.82, 2.24) is 0 Å². The Hall–Kier alpha value is -4.87. The summed E-state index contributed by atoms with van der Waals surface area (Å²) in [6.07, 6.45) is 0. The largest absolute Gasteiger partial charge is 0.425 e. The summed E-state index contributed by atoms with van der Waals surface area (Å²) < 4.78 is 12.5. The molecule has 4 nitrogen and oxygen atoms in total. The average Bonchev–Trinajstić information content (AvgIpc) is 3.06. The van der Waals surface area contributed by atoms with Gasteiger partial charge >= 0.3 is 11.9 Å². The molecule has 6 rings (SSSR count). The summed E-state index contributed by atoms with van der Waals surface area (Å²) >= 11 is 1.61. The van der Waals surface area contributed by atoms with Gasteiger partial charge in [-0.15, -0.1) is 0 Å². The lowest BCUT2D eigenvalue weighted by Gasteiger charge is -2.19. The van der Waals surface area contributed by atoms with Crippen LogP contribution < -0.4 is 9.47 Å². The van der Waals surface area contributed by atoms with E-state index in [0.717, 1.165) is 20.9 Å². The van der Waals surface area contributed by atoms with E-state index in [9.17, 15) is 9.59 Å². The second kappa shape index (κ2) is 12.6. The van der Waals surface area contributed by atoms with Crippen molar-refractivity contribution in [2.75, 3.05) is 0 Å². The quantitative estimate of drug-likeness (QED) is 0.102. The van der Waals surface area contributed by atoms with Crippen LogP contribution in [0.4, 0.5) is 0 Å². The number of benzene rings is 6. The van der Waals surface area contributed by atoms with Gasteiger partial charge in [-0.1, -0.05) is 115 Å². The molecule has 6 aromatic carbocycles. The molecule has 0 radical (unpaired) electrons. The molecular weight excluding hydrogens is 552 g/mol. The molecule has 0 heterocycles. The highest BCUT2D eigenvalue weighted by molar-refractivity contribution is 7.99. The maximum Gasteiger partial charge on any atom is 0.318 e. The lowest BCUT2D eigenvalue weighted by atomic mass is 9.99. The molecular formula is C38H30O4S. The van der Waals surface area contributed by atoms with Crippen LogP contribution in [0.15, 0.2) is 143 Å². The third-order valence-corrected chi connectivity index (χ3v) is 8.58. The molecule has 0 fully saturated rings. The Morgan fingerprint density at radius 2 is 0.907 bits per heavy atom. The fraction of sp³-hybridized carbons (Fsp3) is 0.105. The SMILES string of the molecule is CC(C(=O)Oc1c2ccccc2c(OC(=O)C(C)c2ccccc2)c2cc(Sc3ccccc3)ccc12)c1ccccc1. The molecule has 43 heavy (non-hydrogen) atoms. The summed E-state index contributed by atoms with van der Waals surface area (Å²) in [6, 6.07) is 42.8.